The fourth-order valence-corrected chi connectivity index (χ4v) is 20.9. The summed E-state index contributed by atoms with van der Waals surface area (Å²) in [7, 11) is 0. The summed E-state index contributed by atoms with van der Waals surface area (Å²) in [4.78, 5) is 11.2. The Bertz CT molecular complexity index is 6500. The van der Waals surface area contributed by atoms with Crippen LogP contribution in [-0.4, -0.2) is 19.1 Å². The molecule has 0 spiro atoms. The molecule has 0 amide bonds. The van der Waals surface area contributed by atoms with Crippen LogP contribution in [0.5, 0.6) is 0 Å². The highest BCUT2D eigenvalue weighted by atomic mass is 32.1. The van der Waals surface area contributed by atoms with E-state index in [9.17, 15) is 0 Å². The number of aromatic nitrogens is 4. The lowest BCUT2D eigenvalue weighted by atomic mass is 9.96. The first-order valence-corrected chi connectivity index (χ1v) is 37.8. The number of hydrogen-bond acceptors (Lipinski definition) is 6. The van der Waals surface area contributed by atoms with Gasteiger partial charge in [-0.15, -0.1) is 45.3 Å². The second-order valence-electron chi connectivity index (χ2n) is 26.6. The highest BCUT2D eigenvalue weighted by Gasteiger charge is 2.25. The number of fused-ring (bicyclic) bond motifs is 18. The normalized spacial score (nSPS) is 12.1. The Morgan fingerprint density at radius 3 is 0.794 bits per heavy atom. The van der Waals surface area contributed by atoms with Crippen molar-refractivity contribution in [3.8, 4) is 89.8 Å². The fraction of sp³-hybridized carbons (Fsp3) is 0. The molecule has 22 rings (SSSR count). The van der Waals surface area contributed by atoms with Gasteiger partial charge in [-0.05, 0) is 166 Å². The average Bonchev–Trinajstić information content (AvgIpc) is 1.56. The maximum Gasteiger partial charge on any atom is 0.160 e. The monoisotopic (exact) mass is 1370 g/mol. The molecule has 102 heavy (non-hydrogen) atoms. The highest BCUT2D eigenvalue weighted by molar-refractivity contribution is 7.27. The van der Waals surface area contributed by atoms with Crippen molar-refractivity contribution in [3.63, 3.8) is 0 Å². The smallest absolute Gasteiger partial charge is 0.160 e. The Hall–Kier alpha value is -12.1. The van der Waals surface area contributed by atoms with E-state index >= 15 is 0 Å². The molecule has 22 aromatic rings. The molecular weight excluding hydrogens is 1310 g/mol. The molecule has 0 saturated heterocycles. The van der Waals surface area contributed by atoms with Crippen molar-refractivity contribution in [2.75, 3.05) is 0 Å². The van der Waals surface area contributed by atoms with Gasteiger partial charge in [0.1, 0.15) is 0 Å². The Balaban J connectivity index is 0.836. The summed E-state index contributed by atoms with van der Waals surface area (Å²) >= 11 is 7.46. The Morgan fingerprint density at radius 1 is 0.196 bits per heavy atom. The first-order chi connectivity index (χ1) is 50.5. The van der Waals surface area contributed by atoms with Gasteiger partial charge in [0.15, 0.2) is 5.82 Å². The van der Waals surface area contributed by atoms with Crippen LogP contribution in [0.4, 0.5) is 0 Å². The summed E-state index contributed by atoms with van der Waals surface area (Å²) in [5.41, 5.74) is 20.6. The number of thiophene rings is 4. The fourth-order valence-electron chi connectivity index (χ4n) is 16.4. The van der Waals surface area contributed by atoms with E-state index in [-0.39, 0.29) is 0 Å². The summed E-state index contributed by atoms with van der Waals surface area (Å²) in [5.74, 6) is 0.633. The second-order valence-corrected chi connectivity index (χ2v) is 31.0. The Kier molecular flexibility index (Phi) is 12.8. The largest absolute Gasteiger partial charge is 0.309 e. The van der Waals surface area contributed by atoms with Crippen LogP contribution in [0.2, 0.25) is 0 Å². The molecule has 0 aliphatic carbocycles. The van der Waals surface area contributed by atoms with E-state index in [1.807, 2.05) is 45.3 Å². The summed E-state index contributed by atoms with van der Waals surface area (Å²) in [5, 5.41) is 15.0. The predicted molar refractivity (Wildman–Crippen MR) is 440 cm³/mol. The van der Waals surface area contributed by atoms with E-state index in [2.05, 4.69) is 337 Å². The Labute approximate surface area is 601 Å². The van der Waals surface area contributed by atoms with Gasteiger partial charge in [-0.2, -0.15) is 0 Å². The molecule has 0 saturated carbocycles. The topological polar surface area (TPSA) is 35.6 Å². The zero-order valence-corrected chi connectivity index (χ0v) is 57.9. The number of nitrogens with zero attached hydrogens (tertiary/aromatic N) is 4. The van der Waals surface area contributed by atoms with Crippen LogP contribution in [0.1, 0.15) is 0 Å². The van der Waals surface area contributed by atoms with Gasteiger partial charge in [-0.25, -0.2) is 9.97 Å². The Morgan fingerprint density at radius 2 is 0.480 bits per heavy atom. The summed E-state index contributed by atoms with van der Waals surface area (Å²) in [6.45, 7) is 0. The molecule has 7 aromatic heterocycles. The number of benzene rings is 15. The SMILES string of the molecule is c1ccc(-c2cc(-c3ccccc3)nc(-c3cc(-n4c5ccc(-c6cccc7sc8ccccc8c67)cc5c5cc(-c6cccc7sc8ccccc8c67)ccc54)cc(-n4c5ccc(-c6cccc7sc8ccccc8c67)cc5c5cc(-c6cccc7sc8ccccc8c67)ccc54)c3)n2)cc1. The molecule has 8 heteroatoms. The molecule has 4 nitrogen and oxygen atoms in total. The molecule has 0 aliphatic rings. The lowest BCUT2D eigenvalue weighted by Gasteiger charge is -2.17. The summed E-state index contributed by atoms with van der Waals surface area (Å²) in [6, 6.07) is 122. The third kappa shape index (κ3) is 8.97. The minimum atomic E-state index is 0.633. The van der Waals surface area contributed by atoms with Gasteiger partial charge in [0.05, 0.1) is 33.5 Å². The van der Waals surface area contributed by atoms with Crippen LogP contribution in [0.25, 0.3) is 214 Å². The van der Waals surface area contributed by atoms with Crippen LogP contribution in [0, 0.1) is 0 Å². The van der Waals surface area contributed by atoms with Crippen molar-refractivity contribution in [1.82, 2.24) is 19.1 Å². The first kappa shape index (κ1) is 57.7. The third-order valence-electron chi connectivity index (χ3n) is 20.9. The van der Waals surface area contributed by atoms with E-state index in [0.29, 0.717) is 5.82 Å². The van der Waals surface area contributed by atoms with Crippen LogP contribution in [0.3, 0.4) is 0 Å². The third-order valence-corrected chi connectivity index (χ3v) is 25.5. The minimum absolute atomic E-state index is 0.633. The number of rotatable bonds is 9. The van der Waals surface area contributed by atoms with E-state index in [1.165, 1.54) is 147 Å². The second kappa shape index (κ2) is 22.7. The quantitative estimate of drug-likeness (QED) is 0.144. The predicted octanol–water partition coefficient (Wildman–Crippen LogP) is 27.8. The van der Waals surface area contributed by atoms with Crippen molar-refractivity contribution in [2.45, 2.75) is 0 Å². The molecule has 474 valence electrons. The highest BCUT2D eigenvalue weighted by Crippen LogP contribution is 2.49. The van der Waals surface area contributed by atoms with Crippen LogP contribution in [0.15, 0.2) is 328 Å². The van der Waals surface area contributed by atoms with Gasteiger partial charge in [0.25, 0.3) is 0 Å². The molecule has 0 N–H and O–H groups in total. The van der Waals surface area contributed by atoms with Gasteiger partial charge in [-0.1, -0.05) is 206 Å². The molecule has 0 bridgehead atoms. The molecule has 7 heterocycles. The molecule has 15 aromatic carbocycles. The average molecular weight is 1370 g/mol. The van der Waals surface area contributed by atoms with Crippen molar-refractivity contribution in [3.05, 3.63) is 328 Å². The van der Waals surface area contributed by atoms with Crippen molar-refractivity contribution >= 4 is 170 Å². The summed E-state index contributed by atoms with van der Waals surface area (Å²) in [6.07, 6.45) is 0. The number of hydrogen-bond donors (Lipinski definition) is 0. The summed E-state index contributed by atoms with van der Waals surface area (Å²) < 4.78 is 15.3. The minimum Gasteiger partial charge on any atom is -0.309 e. The maximum absolute atomic E-state index is 5.62. The molecule has 0 radical (unpaired) electrons. The van der Waals surface area contributed by atoms with Crippen LogP contribution < -0.4 is 0 Å². The van der Waals surface area contributed by atoms with E-state index in [0.717, 1.165) is 61.5 Å². The van der Waals surface area contributed by atoms with Gasteiger partial charge in [-0.3, -0.25) is 0 Å². The zero-order valence-electron chi connectivity index (χ0n) is 54.6. The van der Waals surface area contributed by atoms with Gasteiger partial charge in [0.2, 0.25) is 0 Å². The van der Waals surface area contributed by atoms with Crippen LogP contribution >= 0.6 is 45.3 Å². The molecule has 0 atom stereocenters. The standard InChI is InChI=1S/C94H54N4S4/c1-3-19-55(20-4-1)76-54-77(56-21-5-2-6-22-56)96-94(95-76)61-47-62(97-78-43-39-57(64-27-15-35-86-90(64)68-23-7-11-31-82(68)99-86)49-72(78)73-50-58(40-44-79(73)97)65-28-16-36-87-91(65)69-24-8-12-32-83(69)100-87)53-63(48-61)98-80-45-41-59(66-29-17-37-88-92(66)70-25-9-13-33-84(70)101-88)51-74(80)75-52-60(42-46-81(75)98)67-30-18-38-89-93(67)71-26-10-14-34-85(71)102-89/h1-54H. The van der Waals surface area contributed by atoms with E-state index in [1.54, 1.807) is 0 Å². The van der Waals surface area contributed by atoms with Crippen molar-refractivity contribution in [2.24, 2.45) is 0 Å². The molecular formula is C94H54N4S4. The first-order valence-electron chi connectivity index (χ1n) is 34.5. The molecule has 0 fully saturated rings. The van der Waals surface area contributed by atoms with Crippen molar-refractivity contribution in [1.29, 1.82) is 0 Å². The lowest BCUT2D eigenvalue weighted by molar-refractivity contribution is 1.12. The van der Waals surface area contributed by atoms with Crippen molar-refractivity contribution < 1.29 is 0 Å². The molecule has 0 aliphatic heterocycles. The van der Waals surface area contributed by atoms with E-state index < -0.39 is 0 Å². The lowest BCUT2D eigenvalue weighted by Crippen LogP contribution is -2.02. The zero-order chi connectivity index (χ0) is 66.7. The molecule has 0 unspecified atom stereocenters. The van der Waals surface area contributed by atoms with Crippen LogP contribution in [-0.2, 0) is 0 Å². The van der Waals surface area contributed by atoms with Gasteiger partial charge >= 0.3 is 0 Å². The van der Waals surface area contributed by atoms with Gasteiger partial charge in [0, 0.05) is 130 Å². The van der Waals surface area contributed by atoms with E-state index in [4.69, 9.17) is 9.97 Å². The van der Waals surface area contributed by atoms with Gasteiger partial charge < -0.3 is 9.13 Å². The maximum atomic E-state index is 5.62.